The van der Waals surface area contributed by atoms with Crippen molar-refractivity contribution in [1.82, 2.24) is 4.90 Å². The lowest BCUT2D eigenvalue weighted by Crippen LogP contribution is -2.38. The summed E-state index contributed by atoms with van der Waals surface area (Å²) in [7, 11) is 0. The number of carbonyl (C=O) groups excluding carboxylic acids is 2. The van der Waals surface area contributed by atoms with E-state index in [-0.39, 0.29) is 18.4 Å². The third kappa shape index (κ3) is 5.55. The van der Waals surface area contributed by atoms with Crippen molar-refractivity contribution >= 4 is 11.9 Å². The van der Waals surface area contributed by atoms with Crippen LogP contribution in [0.2, 0.25) is 0 Å². The Labute approximate surface area is 114 Å². The monoisotopic (exact) mass is 263 g/mol. The topological polar surface area (TPSA) is 46.6 Å². The number of esters is 1. The Hall–Kier alpha value is -1.84. The Balaban J connectivity index is 2.59. The molecule has 0 N–H and O–H groups in total. The van der Waals surface area contributed by atoms with Crippen LogP contribution in [0.5, 0.6) is 0 Å². The van der Waals surface area contributed by atoms with Crippen LogP contribution in [-0.4, -0.2) is 36.5 Å². The molecule has 0 aliphatic heterocycles. The zero-order valence-corrected chi connectivity index (χ0v) is 11.6. The SMILES string of the molecule is CCCN(CC(=O)OCC)C(=O)Cc1ccccc1. The Morgan fingerprint density at radius 3 is 2.42 bits per heavy atom. The van der Waals surface area contributed by atoms with Crippen molar-refractivity contribution in [3.63, 3.8) is 0 Å². The van der Waals surface area contributed by atoms with Gasteiger partial charge in [-0.1, -0.05) is 37.3 Å². The third-order valence-corrected chi connectivity index (χ3v) is 2.67. The minimum absolute atomic E-state index is 0.0351. The first-order chi connectivity index (χ1) is 9.17. The van der Waals surface area contributed by atoms with Gasteiger partial charge in [-0.05, 0) is 18.9 Å². The van der Waals surface area contributed by atoms with E-state index >= 15 is 0 Å². The molecule has 1 amide bonds. The highest BCUT2D eigenvalue weighted by Gasteiger charge is 2.17. The molecule has 0 radical (unpaired) electrons. The first kappa shape index (κ1) is 15.2. The predicted octanol–water partition coefficient (Wildman–Crippen LogP) is 2.03. The quantitative estimate of drug-likeness (QED) is 0.707. The highest BCUT2D eigenvalue weighted by molar-refractivity contribution is 5.83. The fraction of sp³-hybridized carbons (Fsp3) is 0.467. The molecule has 0 aliphatic carbocycles. The Kier molecular flexibility index (Phi) is 6.64. The summed E-state index contributed by atoms with van der Waals surface area (Å²) < 4.78 is 4.89. The molecule has 0 atom stereocenters. The van der Waals surface area contributed by atoms with Crippen molar-refractivity contribution in [1.29, 1.82) is 0 Å². The van der Waals surface area contributed by atoms with E-state index < -0.39 is 0 Å². The molecular formula is C15H21NO3. The van der Waals surface area contributed by atoms with Gasteiger partial charge in [0, 0.05) is 6.54 Å². The molecule has 1 aromatic carbocycles. The lowest BCUT2D eigenvalue weighted by molar-refractivity contribution is -0.148. The van der Waals surface area contributed by atoms with E-state index in [2.05, 4.69) is 0 Å². The lowest BCUT2D eigenvalue weighted by atomic mass is 10.1. The van der Waals surface area contributed by atoms with E-state index in [1.807, 2.05) is 37.3 Å². The summed E-state index contributed by atoms with van der Waals surface area (Å²) in [5, 5.41) is 0. The third-order valence-electron chi connectivity index (χ3n) is 2.67. The summed E-state index contributed by atoms with van der Waals surface area (Å²) in [6, 6.07) is 9.53. The van der Waals surface area contributed by atoms with Crippen LogP contribution in [0, 0.1) is 0 Å². The molecule has 1 rings (SSSR count). The van der Waals surface area contributed by atoms with Gasteiger partial charge < -0.3 is 9.64 Å². The average molecular weight is 263 g/mol. The maximum absolute atomic E-state index is 12.2. The van der Waals surface area contributed by atoms with Crippen LogP contribution >= 0.6 is 0 Å². The molecule has 0 heterocycles. The van der Waals surface area contributed by atoms with Gasteiger partial charge >= 0.3 is 5.97 Å². The number of hydrogen-bond acceptors (Lipinski definition) is 3. The van der Waals surface area contributed by atoms with E-state index in [0.29, 0.717) is 19.6 Å². The molecule has 1 aromatic rings. The van der Waals surface area contributed by atoms with Crippen molar-refractivity contribution in [3.8, 4) is 0 Å². The van der Waals surface area contributed by atoms with E-state index in [9.17, 15) is 9.59 Å². The largest absolute Gasteiger partial charge is 0.465 e. The summed E-state index contributed by atoms with van der Waals surface area (Å²) in [5.41, 5.74) is 0.956. The normalized spacial score (nSPS) is 10.0. The number of nitrogens with zero attached hydrogens (tertiary/aromatic N) is 1. The van der Waals surface area contributed by atoms with Gasteiger partial charge in [0.25, 0.3) is 0 Å². The van der Waals surface area contributed by atoms with Crippen molar-refractivity contribution in [2.75, 3.05) is 19.7 Å². The fourth-order valence-corrected chi connectivity index (χ4v) is 1.81. The Morgan fingerprint density at radius 1 is 1.16 bits per heavy atom. The molecule has 104 valence electrons. The van der Waals surface area contributed by atoms with Crippen LogP contribution in [0.3, 0.4) is 0 Å². The molecule has 0 aliphatic rings. The highest BCUT2D eigenvalue weighted by atomic mass is 16.5. The van der Waals surface area contributed by atoms with Crippen molar-refractivity contribution in [3.05, 3.63) is 35.9 Å². The first-order valence-electron chi connectivity index (χ1n) is 6.64. The minimum atomic E-state index is -0.350. The van der Waals surface area contributed by atoms with Gasteiger partial charge in [0.2, 0.25) is 5.91 Å². The summed E-state index contributed by atoms with van der Waals surface area (Å²) in [6.07, 6.45) is 1.14. The van der Waals surface area contributed by atoms with Gasteiger partial charge in [0.1, 0.15) is 6.54 Å². The van der Waals surface area contributed by atoms with E-state index in [1.165, 1.54) is 0 Å². The molecule has 0 aromatic heterocycles. The molecule has 4 nitrogen and oxygen atoms in total. The zero-order chi connectivity index (χ0) is 14.1. The van der Waals surface area contributed by atoms with Crippen LogP contribution in [0.4, 0.5) is 0 Å². The van der Waals surface area contributed by atoms with Gasteiger partial charge in [-0.25, -0.2) is 0 Å². The molecule has 0 saturated heterocycles. The van der Waals surface area contributed by atoms with E-state index in [4.69, 9.17) is 4.74 Å². The molecule has 0 spiro atoms. The predicted molar refractivity (Wildman–Crippen MR) is 73.7 cm³/mol. The molecular weight excluding hydrogens is 242 g/mol. The molecule has 0 fully saturated rings. The standard InChI is InChI=1S/C15H21NO3/c1-3-10-16(12-15(18)19-4-2)14(17)11-13-8-6-5-7-9-13/h5-9H,3-4,10-12H2,1-2H3. The number of carbonyl (C=O) groups is 2. The number of rotatable bonds is 7. The average Bonchev–Trinajstić information content (AvgIpc) is 2.39. The molecule has 4 heteroatoms. The van der Waals surface area contributed by atoms with Gasteiger partial charge in [0.05, 0.1) is 13.0 Å². The van der Waals surface area contributed by atoms with Gasteiger partial charge in [0.15, 0.2) is 0 Å². The second-order valence-corrected chi connectivity index (χ2v) is 4.28. The molecule has 0 saturated carbocycles. The van der Waals surface area contributed by atoms with Crippen LogP contribution in [0.25, 0.3) is 0 Å². The number of benzene rings is 1. The second-order valence-electron chi connectivity index (χ2n) is 4.28. The summed E-state index contributed by atoms with van der Waals surface area (Å²) in [4.78, 5) is 25.2. The molecule has 19 heavy (non-hydrogen) atoms. The highest BCUT2D eigenvalue weighted by Crippen LogP contribution is 2.04. The van der Waals surface area contributed by atoms with Crippen molar-refractivity contribution < 1.29 is 14.3 Å². The van der Waals surface area contributed by atoms with Crippen molar-refractivity contribution in [2.45, 2.75) is 26.7 Å². The number of hydrogen-bond donors (Lipinski definition) is 0. The van der Waals surface area contributed by atoms with Crippen LogP contribution < -0.4 is 0 Å². The fourth-order valence-electron chi connectivity index (χ4n) is 1.81. The van der Waals surface area contributed by atoms with Crippen LogP contribution in [0.15, 0.2) is 30.3 Å². The smallest absolute Gasteiger partial charge is 0.325 e. The maximum atomic E-state index is 12.2. The first-order valence-corrected chi connectivity index (χ1v) is 6.64. The number of amides is 1. The van der Waals surface area contributed by atoms with Crippen LogP contribution in [-0.2, 0) is 20.7 Å². The van der Waals surface area contributed by atoms with E-state index in [1.54, 1.807) is 11.8 Å². The van der Waals surface area contributed by atoms with E-state index in [0.717, 1.165) is 12.0 Å². The van der Waals surface area contributed by atoms with Crippen molar-refractivity contribution in [2.24, 2.45) is 0 Å². The minimum Gasteiger partial charge on any atom is -0.465 e. The van der Waals surface area contributed by atoms with Crippen LogP contribution in [0.1, 0.15) is 25.8 Å². The second kappa shape index (κ2) is 8.29. The van der Waals surface area contributed by atoms with Gasteiger partial charge in [-0.2, -0.15) is 0 Å². The summed E-state index contributed by atoms with van der Waals surface area (Å²) in [5.74, 6) is -0.390. The lowest BCUT2D eigenvalue weighted by Gasteiger charge is -2.21. The molecule has 0 bridgehead atoms. The summed E-state index contributed by atoms with van der Waals surface area (Å²) in [6.45, 7) is 4.69. The molecule has 0 unspecified atom stereocenters. The summed E-state index contributed by atoms with van der Waals surface area (Å²) >= 11 is 0. The van der Waals surface area contributed by atoms with Gasteiger partial charge in [-0.15, -0.1) is 0 Å². The Bertz CT molecular complexity index is 403. The Morgan fingerprint density at radius 2 is 1.84 bits per heavy atom. The maximum Gasteiger partial charge on any atom is 0.325 e. The number of ether oxygens (including phenoxy) is 1. The zero-order valence-electron chi connectivity index (χ0n) is 11.6. The van der Waals surface area contributed by atoms with Gasteiger partial charge in [-0.3, -0.25) is 9.59 Å².